The van der Waals surface area contributed by atoms with Gasteiger partial charge in [0.15, 0.2) is 0 Å². The molecule has 1 aromatic heterocycles. The van der Waals surface area contributed by atoms with Crippen molar-refractivity contribution >= 4 is 39.4 Å². The molecule has 1 fully saturated rings. The number of hydrogen-bond donors (Lipinski definition) is 1. The number of hydrogen-bond acceptors (Lipinski definition) is 6. The third-order valence-electron chi connectivity index (χ3n) is 4.82. The molecule has 0 spiro atoms. The molecule has 1 atom stereocenters. The highest BCUT2D eigenvalue weighted by Crippen LogP contribution is 2.30. The van der Waals surface area contributed by atoms with E-state index in [4.69, 9.17) is 14.9 Å². The molecule has 3 rings (SSSR count). The summed E-state index contributed by atoms with van der Waals surface area (Å²) in [4.78, 5) is 12.2. The van der Waals surface area contributed by atoms with Crippen LogP contribution in [0, 0.1) is 12.8 Å². The maximum Gasteiger partial charge on any atom is 0.374 e. The third-order valence-corrected chi connectivity index (χ3v) is 6.68. The molecule has 0 radical (unpaired) electrons. The molecule has 2 N–H and O–H groups in total. The van der Waals surface area contributed by atoms with Crippen LogP contribution in [0.15, 0.2) is 27.5 Å². The number of ether oxygens (including phenoxy) is 1. The van der Waals surface area contributed by atoms with Crippen LogP contribution in [0.4, 0.5) is 0 Å². The lowest BCUT2D eigenvalue weighted by atomic mass is 10.0. The van der Waals surface area contributed by atoms with Crippen molar-refractivity contribution in [3.63, 3.8) is 0 Å². The zero-order valence-electron chi connectivity index (χ0n) is 15.4. The molecule has 0 bridgehead atoms. The Kier molecular flexibility index (Phi) is 6.91. The van der Waals surface area contributed by atoms with Gasteiger partial charge in [-0.1, -0.05) is 0 Å². The number of piperidine rings is 1. The Morgan fingerprint density at radius 3 is 2.81 bits per heavy atom. The van der Waals surface area contributed by atoms with Gasteiger partial charge in [0, 0.05) is 24.0 Å². The van der Waals surface area contributed by atoms with Crippen LogP contribution in [0.25, 0.3) is 11.0 Å². The van der Waals surface area contributed by atoms with Crippen LogP contribution >= 0.6 is 12.4 Å². The smallest absolute Gasteiger partial charge is 0.374 e. The van der Waals surface area contributed by atoms with Crippen molar-refractivity contribution in [1.82, 2.24) is 4.31 Å². The number of benzene rings is 1. The summed E-state index contributed by atoms with van der Waals surface area (Å²) in [6.45, 7) is 5.10. The molecule has 0 amide bonds. The van der Waals surface area contributed by atoms with Gasteiger partial charge in [-0.05, 0) is 57.4 Å². The quantitative estimate of drug-likeness (QED) is 0.751. The summed E-state index contributed by atoms with van der Waals surface area (Å²) in [7, 11) is -3.61. The van der Waals surface area contributed by atoms with Gasteiger partial charge >= 0.3 is 5.97 Å². The van der Waals surface area contributed by atoms with Crippen LogP contribution in [0.5, 0.6) is 0 Å². The van der Waals surface area contributed by atoms with Crippen molar-refractivity contribution in [1.29, 1.82) is 0 Å². The summed E-state index contributed by atoms with van der Waals surface area (Å²) >= 11 is 0. The first-order valence-corrected chi connectivity index (χ1v) is 10.2. The highest BCUT2D eigenvalue weighted by atomic mass is 35.5. The van der Waals surface area contributed by atoms with Gasteiger partial charge in [-0.15, -0.1) is 12.4 Å². The van der Waals surface area contributed by atoms with Gasteiger partial charge in [-0.25, -0.2) is 13.2 Å². The minimum Gasteiger partial charge on any atom is -0.460 e. The van der Waals surface area contributed by atoms with Crippen molar-refractivity contribution in [3.8, 4) is 0 Å². The van der Waals surface area contributed by atoms with Gasteiger partial charge in [0.25, 0.3) is 0 Å². The highest BCUT2D eigenvalue weighted by Gasteiger charge is 2.30. The van der Waals surface area contributed by atoms with Crippen LogP contribution in [-0.4, -0.2) is 44.9 Å². The summed E-state index contributed by atoms with van der Waals surface area (Å²) in [5, 5.41) is 0.599. The summed E-state index contributed by atoms with van der Waals surface area (Å²) in [6.07, 6.45) is 1.76. The predicted molar refractivity (Wildman–Crippen MR) is 105 cm³/mol. The van der Waals surface area contributed by atoms with Crippen molar-refractivity contribution in [2.24, 2.45) is 11.7 Å². The van der Waals surface area contributed by atoms with E-state index in [0.29, 0.717) is 36.2 Å². The Morgan fingerprint density at radius 1 is 1.41 bits per heavy atom. The molecular weight excluding hydrogens is 392 g/mol. The normalized spacial score (nSPS) is 18.3. The van der Waals surface area contributed by atoms with Crippen molar-refractivity contribution < 1.29 is 22.4 Å². The fourth-order valence-corrected chi connectivity index (χ4v) is 4.92. The second kappa shape index (κ2) is 8.60. The van der Waals surface area contributed by atoms with E-state index in [2.05, 4.69) is 0 Å². The molecule has 1 aromatic carbocycles. The molecule has 1 aliphatic rings. The zero-order valence-corrected chi connectivity index (χ0v) is 17.1. The largest absolute Gasteiger partial charge is 0.460 e. The second-order valence-electron chi connectivity index (χ2n) is 6.54. The number of rotatable bonds is 5. The van der Waals surface area contributed by atoms with E-state index in [1.54, 1.807) is 26.0 Å². The van der Waals surface area contributed by atoms with Crippen LogP contribution in [-0.2, 0) is 14.8 Å². The molecule has 27 heavy (non-hydrogen) atoms. The Hall–Kier alpha value is -1.61. The molecule has 0 saturated carbocycles. The Labute approximate surface area is 165 Å². The first kappa shape index (κ1) is 21.7. The van der Waals surface area contributed by atoms with Crippen molar-refractivity contribution in [2.75, 3.05) is 26.2 Å². The lowest BCUT2D eigenvalue weighted by Crippen LogP contribution is -2.41. The number of carbonyl (C=O) groups is 1. The number of halogens is 1. The van der Waals surface area contributed by atoms with E-state index in [9.17, 15) is 13.2 Å². The average molecular weight is 417 g/mol. The second-order valence-corrected chi connectivity index (χ2v) is 8.48. The minimum absolute atomic E-state index is 0. The van der Waals surface area contributed by atoms with E-state index in [1.807, 2.05) is 0 Å². The van der Waals surface area contributed by atoms with Gasteiger partial charge in [-0.3, -0.25) is 0 Å². The Balaban J connectivity index is 0.00000261. The highest BCUT2D eigenvalue weighted by molar-refractivity contribution is 7.89. The van der Waals surface area contributed by atoms with Gasteiger partial charge in [0.2, 0.25) is 15.8 Å². The molecule has 0 aliphatic carbocycles. The first-order chi connectivity index (χ1) is 12.4. The topological polar surface area (TPSA) is 103 Å². The fraction of sp³-hybridized carbons (Fsp3) is 0.500. The molecule has 1 unspecified atom stereocenters. The predicted octanol–water partition coefficient (Wildman–Crippen LogP) is 2.70. The van der Waals surface area contributed by atoms with E-state index in [-0.39, 0.29) is 35.6 Å². The van der Waals surface area contributed by atoms with E-state index < -0.39 is 16.0 Å². The fourth-order valence-electron chi connectivity index (χ4n) is 3.34. The molecule has 7 nitrogen and oxygen atoms in total. The van der Waals surface area contributed by atoms with Gasteiger partial charge in [0.1, 0.15) is 5.58 Å². The molecule has 1 saturated heterocycles. The zero-order chi connectivity index (χ0) is 18.9. The van der Waals surface area contributed by atoms with Crippen molar-refractivity contribution in [3.05, 3.63) is 29.5 Å². The number of carbonyl (C=O) groups excluding carboxylic acids is 1. The van der Waals surface area contributed by atoms with Crippen LogP contribution in [0.3, 0.4) is 0 Å². The number of esters is 1. The molecule has 1 aliphatic heterocycles. The molecule has 2 aromatic rings. The summed E-state index contributed by atoms with van der Waals surface area (Å²) in [5.41, 5.74) is 6.76. The maximum absolute atomic E-state index is 13.0. The van der Waals surface area contributed by atoms with Crippen molar-refractivity contribution in [2.45, 2.75) is 31.6 Å². The molecule has 2 heterocycles. The third kappa shape index (κ3) is 4.13. The average Bonchev–Trinajstić information content (AvgIpc) is 2.98. The van der Waals surface area contributed by atoms with Crippen LogP contribution < -0.4 is 5.73 Å². The van der Waals surface area contributed by atoms with Gasteiger partial charge in [-0.2, -0.15) is 4.31 Å². The Bertz CT molecular complexity index is 925. The van der Waals surface area contributed by atoms with E-state index in [1.165, 1.54) is 10.4 Å². The maximum atomic E-state index is 13.0. The summed E-state index contributed by atoms with van der Waals surface area (Å²) in [5.74, 6) is -0.252. The number of fused-ring (bicyclic) bond motifs is 1. The summed E-state index contributed by atoms with van der Waals surface area (Å²) in [6, 6.07) is 4.67. The van der Waals surface area contributed by atoms with E-state index in [0.717, 1.165) is 12.8 Å². The molecule has 150 valence electrons. The lowest BCUT2D eigenvalue weighted by Gasteiger charge is -2.31. The number of sulfonamides is 1. The number of furan rings is 1. The number of nitrogens with zero attached hydrogens (tertiary/aromatic N) is 1. The standard InChI is InChI=1S/C18H24N2O5S.ClH/c1-3-24-18(21)17-12(2)15-9-14(6-7-16(15)25-17)26(22,23)20-8-4-5-13(10-19)11-20;/h6-7,9,13H,3-5,8,10-11,19H2,1-2H3;1H. The van der Waals surface area contributed by atoms with Crippen LogP contribution in [0.1, 0.15) is 35.9 Å². The van der Waals surface area contributed by atoms with E-state index >= 15 is 0 Å². The van der Waals surface area contributed by atoms with Crippen LogP contribution in [0.2, 0.25) is 0 Å². The minimum atomic E-state index is -3.61. The Morgan fingerprint density at radius 2 is 2.15 bits per heavy atom. The molecular formula is C18H25ClN2O5S. The number of aryl methyl sites for hydroxylation is 1. The van der Waals surface area contributed by atoms with Gasteiger partial charge in [0.05, 0.1) is 11.5 Å². The lowest BCUT2D eigenvalue weighted by molar-refractivity contribution is 0.0491. The summed E-state index contributed by atoms with van der Waals surface area (Å²) < 4.78 is 38.1. The molecule has 9 heteroatoms. The number of nitrogens with two attached hydrogens (primary N) is 1. The monoisotopic (exact) mass is 416 g/mol. The SMILES string of the molecule is CCOC(=O)c1oc2ccc(S(=O)(=O)N3CCCC(CN)C3)cc2c1C.Cl. The van der Waals surface area contributed by atoms with Gasteiger partial charge < -0.3 is 14.9 Å². The first-order valence-electron chi connectivity index (χ1n) is 8.79.